The Morgan fingerprint density at radius 3 is 2.44 bits per heavy atom. The molecule has 0 radical (unpaired) electrons. The molecule has 0 aromatic heterocycles. The largest absolute Gasteiger partial charge is 0.499 e. The number of hydrogen-bond donors (Lipinski definition) is 1. The van der Waals surface area contributed by atoms with Gasteiger partial charge in [0.05, 0.1) is 18.1 Å². The Balaban J connectivity index is 3.23. The zero-order valence-electron chi connectivity index (χ0n) is 9.10. The summed E-state index contributed by atoms with van der Waals surface area (Å²) in [5, 5.41) is 20.2. The molecule has 0 aliphatic rings. The van der Waals surface area contributed by atoms with Crippen LogP contribution in [0.4, 0.5) is 5.69 Å². The van der Waals surface area contributed by atoms with E-state index in [0.717, 1.165) is 0 Å². The first-order chi connectivity index (χ1) is 7.61. The molecule has 88 valence electrons. The van der Waals surface area contributed by atoms with E-state index in [0.29, 0.717) is 12.4 Å². The van der Waals surface area contributed by atoms with E-state index in [1.54, 1.807) is 13.8 Å². The van der Waals surface area contributed by atoms with E-state index in [1.807, 2.05) is 0 Å². The number of ether oxygens (including phenoxy) is 2. The summed E-state index contributed by atoms with van der Waals surface area (Å²) in [5.41, 5.74) is -0.396. The average Bonchev–Trinajstić information content (AvgIpc) is 2.23. The van der Waals surface area contributed by atoms with Gasteiger partial charge in [-0.3, -0.25) is 10.1 Å². The van der Waals surface area contributed by atoms with Crippen molar-refractivity contribution >= 4 is 5.69 Å². The molecule has 1 N–H and O–H groups in total. The molecule has 0 amide bonds. The number of rotatable bonds is 5. The highest BCUT2D eigenvalue weighted by Gasteiger charge is 2.22. The summed E-state index contributed by atoms with van der Waals surface area (Å²) < 4.78 is 10.3. The van der Waals surface area contributed by atoms with Crippen LogP contribution in [0, 0.1) is 10.1 Å². The van der Waals surface area contributed by atoms with Gasteiger partial charge in [-0.15, -0.1) is 0 Å². The molecule has 1 rings (SSSR count). The van der Waals surface area contributed by atoms with Gasteiger partial charge in [-0.1, -0.05) is 0 Å². The molecule has 1 aromatic carbocycles. The summed E-state index contributed by atoms with van der Waals surface area (Å²) in [4.78, 5) is 9.92. The number of nitrogens with zero attached hydrogens (tertiary/aromatic N) is 1. The number of aromatic hydroxyl groups is 1. The van der Waals surface area contributed by atoms with Crippen LogP contribution in [-0.2, 0) is 0 Å². The van der Waals surface area contributed by atoms with Crippen LogP contribution in [0.1, 0.15) is 13.8 Å². The first-order valence-corrected chi connectivity index (χ1v) is 4.87. The zero-order valence-corrected chi connectivity index (χ0v) is 9.10. The molecule has 0 fully saturated rings. The van der Waals surface area contributed by atoms with Crippen LogP contribution in [0.5, 0.6) is 17.2 Å². The maximum Gasteiger partial charge on any atom is 0.314 e. The maximum absolute atomic E-state index is 10.6. The summed E-state index contributed by atoms with van der Waals surface area (Å²) in [7, 11) is 0. The van der Waals surface area contributed by atoms with Crippen molar-refractivity contribution in [2.75, 3.05) is 13.2 Å². The predicted octanol–water partition coefficient (Wildman–Crippen LogP) is 2.10. The Morgan fingerprint density at radius 2 is 1.94 bits per heavy atom. The van der Waals surface area contributed by atoms with E-state index in [1.165, 1.54) is 12.1 Å². The lowest BCUT2D eigenvalue weighted by Crippen LogP contribution is -2.00. The second-order valence-electron chi connectivity index (χ2n) is 2.88. The molecule has 6 nitrogen and oxygen atoms in total. The summed E-state index contributed by atoms with van der Waals surface area (Å²) in [6, 6.07) is 2.59. The SMILES string of the molecule is CCOc1ccc([N+](=O)[O-])c(O)c1OCC. The van der Waals surface area contributed by atoms with Crippen LogP contribution < -0.4 is 9.47 Å². The van der Waals surface area contributed by atoms with Gasteiger partial charge >= 0.3 is 5.69 Å². The molecular weight excluding hydrogens is 214 g/mol. The third kappa shape index (κ3) is 2.33. The second kappa shape index (κ2) is 5.20. The smallest absolute Gasteiger partial charge is 0.314 e. The highest BCUT2D eigenvalue weighted by atomic mass is 16.6. The van der Waals surface area contributed by atoms with Crippen LogP contribution in [0.15, 0.2) is 12.1 Å². The van der Waals surface area contributed by atoms with Gasteiger partial charge in [0.2, 0.25) is 11.5 Å². The normalized spacial score (nSPS) is 9.88. The van der Waals surface area contributed by atoms with E-state index < -0.39 is 16.4 Å². The van der Waals surface area contributed by atoms with Gasteiger partial charge in [0.1, 0.15) is 0 Å². The first kappa shape index (κ1) is 12.1. The van der Waals surface area contributed by atoms with Crippen LogP contribution in [0.25, 0.3) is 0 Å². The second-order valence-corrected chi connectivity index (χ2v) is 2.88. The molecule has 0 aliphatic heterocycles. The summed E-state index contributed by atoms with van der Waals surface area (Å²) in [5.74, 6) is -0.191. The minimum Gasteiger partial charge on any atom is -0.499 e. The molecule has 0 aliphatic carbocycles. The molecule has 0 atom stereocenters. The van der Waals surface area contributed by atoms with Crippen LogP contribution in [0.3, 0.4) is 0 Å². The van der Waals surface area contributed by atoms with Gasteiger partial charge in [-0.05, 0) is 19.9 Å². The van der Waals surface area contributed by atoms with Gasteiger partial charge in [-0.2, -0.15) is 0 Å². The van der Waals surface area contributed by atoms with E-state index in [9.17, 15) is 15.2 Å². The Bertz CT molecular complexity index is 391. The summed E-state index contributed by atoms with van der Waals surface area (Å²) in [6.07, 6.45) is 0. The topological polar surface area (TPSA) is 81.8 Å². The first-order valence-electron chi connectivity index (χ1n) is 4.87. The lowest BCUT2D eigenvalue weighted by atomic mass is 10.2. The molecular formula is C10H13NO5. The average molecular weight is 227 g/mol. The van der Waals surface area contributed by atoms with Crippen molar-refractivity contribution in [3.05, 3.63) is 22.2 Å². The van der Waals surface area contributed by atoms with Crippen molar-refractivity contribution in [2.24, 2.45) is 0 Å². The van der Waals surface area contributed by atoms with Crippen molar-refractivity contribution in [1.82, 2.24) is 0 Å². The van der Waals surface area contributed by atoms with Crippen molar-refractivity contribution in [3.63, 3.8) is 0 Å². The quantitative estimate of drug-likeness (QED) is 0.615. The fourth-order valence-corrected chi connectivity index (χ4v) is 1.24. The van der Waals surface area contributed by atoms with Crippen molar-refractivity contribution in [3.8, 4) is 17.2 Å². The van der Waals surface area contributed by atoms with Crippen LogP contribution in [-0.4, -0.2) is 23.2 Å². The molecule has 1 aromatic rings. The summed E-state index contributed by atoms with van der Waals surface area (Å²) >= 11 is 0. The number of benzene rings is 1. The van der Waals surface area contributed by atoms with Gasteiger partial charge in [0.25, 0.3) is 0 Å². The number of phenolic OH excluding ortho intramolecular Hbond substituents is 1. The Kier molecular flexibility index (Phi) is 3.93. The third-order valence-electron chi connectivity index (χ3n) is 1.86. The number of phenols is 1. The number of hydrogen-bond acceptors (Lipinski definition) is 5. The van der Waals surface area contributed by atoms with Crippen molar-refractivity contribution < 1.29 is 19.5 Å². The molecule has 0 saturated heterocycles. The standard InChI is InChI=1S/C10H13NO5/c1-3-15-8-6-5-7(11(13)14)9(12)10(8)16-4-2/h5-6,12H,3-4H2,1-2H3. The monoisotopic (exact) mass is 227 g/mol. The van der Waals surface area contributed by atoms with Crippen molar-refractivity contribution in [1.29, 1.82) is 0 Å². The van der Waals surface area contributed by atoms with E-state index in [-0.39, 0.29) is 12.4 Å². The Morgan fingerprint density at radius 1 is 1.31 bits per heavy atom. The molecule has 0 bridgehead atoms. The van der Waals surface area contributed by atoms with Gasteiger partial charge in [0.15, 0.2) is 5.75 Å². The van der Waals surface area contributed by atoms with E-state index in [4.69, 9.17) is 9.47 Å². The lowest BCUT2D eigenvalue weighted by Gasteiger charge is -2.11. The fourth-order valence-electron chi connectivity index (χ4n) is 1.24. The summed E-state index contributed by atoms with van der Waals surface area (Å²) in [6.45, 7) is 4.16. The molecule has 6 heteroatoms. The molecule has 0 heterocycles. The molecule has 16 heavy (non-hydrogen) atoms. The minimum absolute atomic E-state index is 0.0125. The molecule has 0 saturated carbocycles. The minimum atomic E-state index is -0.673. The number of nitro benzene ring substituents is 1. The Hall–Kier alpha value is -1.98. The lowest BCUT2D eigenvalue weighted by molar-refractivity contribution is -0.386. The fraction of sp³-hybridized carbons (Fsp3) is 0.400. The van der Waals surface area contributed by atoms with Gasteiger partial charge in [0, 0.05) is 6.07 Å². The van der Waals surface area contributed by atoms with E-state index >= 15 is 0 Å². The third-order valence-corrected chi connectivity index (χ3v) is 1.86. The van der Waals surface area contributed by atoms with Gasteiger partial charge in [-0.25, -0.2) is 0 Å². The van der Waals surface area contributed by atoms with Crippen LogP contribution in [0.2, 0.25) is 0 Å². The van der Waals surface area contributed by atoms with E-state index in [2.05, 4.69) is 0 Å². The maximum atomic E-state index is 10.6. The number of nitro groups is 1. The highest BCUT2D eigenvalue weighted by molar-refractivity contribution is 5.61. The molecule has 0 unspecified atom stereocenters. The highest BCUT2D eigenvalue weighted by Crippen LogP contribution is 2.42. The molecule has 0 spiro atoms. The Labute approximate surface area is 92.6 Å². The van der Waals surface area contributed by atoms with Crippen LogP contribution >= 0.6 is 0 Å². The van der Waals surface area contributed by atoms with Gasteiger partial charge < -0.3 is 14.6 Å². The predicted molar refractivity (Wildman–Crippen MR) is 57.1 cm³/mol. The van der Waals surface area contributed by atoms with Crippen molar-refractivity contribution in [2.45, 2.75) is 13.8 Å². The zero-order chi connectivity index (χ0) is 12.1.